The lowest BCUT2D eigenvalue weighted by atomic mass is 10.3. The van der Waals surface area contributed by atoms with Crippen molar-refractivity contribution >= 4 is 23.1 Å². The fourth-order valence-corrected chi connectivity index (χ4v) is 2.37. The largest absolute Gasteiger partial charge is 0.497 e. The van der Waals surface area contributed by atoms with Crippen LogP contribution < -0.4 is 24.8 Å². The number of aromatic nitrogens is 3. The zero-order valence-electron chi connectivity index (χ0n) is 13.4. The van der Waals surface area contributed by atoms with E-state index in [1.807, 2.05) is 42.5 Å². The van der Waals surface area contributed by atoms with E-state index in [0.29, 0.717) is 17.5 Å². The molecule has 0 bridgehead atoms. The normalized spacial score (nSPS) is 11.9. The van der Waals surface area contributed by atoms with Gasteiger partial charge in [0.15, 0.2) is 17.3 Å². The van der Waals surface area contributed by atoms with Crippen molar-refractivity contribution in [3.05, 3.63) is 48.7 Å². The molecule has 0 unspecified atom stereocenters. The number of hydrogen-bond acceptors (Lipinski definition) is 8. The maximum absolute atomic E-state index is 5.37. The summed E-state index contributed by atoms with van der Waals surface area (Å²) >= 11 is 0. The molecule has 0 spiro atoms. The molecule has 126 valence electrons. The van der Waals surface area contributed by atoms with Gasteiger partial charge in [-0.15, -0.1) is 5.10 Å². The van der Waals surface area contributed by atoms with Gasteiger partial charge in [-0.3, -0.25) is 0 Å². The van der Waals surface area contributed by atoms with Crippen molar-refractivity contribution in [3.63, 3.8) is 0 Å². The van der Waals surface area contributed by atoms with Gasteiger partial charge < -0.3 is 24.8 Å². The second-order valence-corrected chi connectivity index (χ2v) is 5.22. The maximum Gasteiger partial charge on any atom is 0.249 e. The SMILES string of the molecule is COc1cccc(Nc2nncc(Nc3ccc4c(c3)OCO4)n2)c1. The third-order valence-electron chi connectivity index (χ3n) is 3.53. The van der Waals surface area contributed by atoms with E-state index in [2.05, 4.69) is 25.8 Å². The molecule has 1 aliphatic heterocycles. The number of nitrogens with one attached hydrogen (secondary N) is 2. The summed E-state index contributed by atoms with van der Waals surface area (Å²) in [6.07, 6.45) is 1.54. The van der Waals surface area contributed by atoms with E-state index in [1.165, 1.54) is 0 Å². The van der Waals surface area contributed by atoms with Gasteiger partial charge in [0.2, 0.25) is 12.7 Å². The van der Waals surface area contributed by atoms with Crippen LogP contribution in [0.15, 0.2) is 48.7 Å². The Morgan fingerprint density at radius 1 is 1.00 bits per heavy atom. The fourth-order valence-electron chi connectivity index (χ4n) is 2.37. The molecule has 2 aromatic carbocycles. The average molecular weight is 337 g/mol. The molecule has 0 saturated heterocycles. The predicted octanol–water partition coefficient (Wildman–Crippen LogP) is 3.10. The van der Waals surface area contributed by atoms with E-state index in [-0.39, 0.29) is 6.79 Å². The summed E-state index contributed by atoms with van der Waals surface area (Å²) in [6, 6.07) is 13.1. The van der Waals surface area contributed by atoms with Crippen molar-refractivity contribution in [1.29, 1.82) is 0 Å². The van der Waals surface area contributed by atoms with Crippen molar-refractivity contribution in [2.45, 2.75) is 0 Å². The lowest BCUT2D eigenvalue weighted by molar-refractivity contribution is 0.174. The summed E-state index contributed by atoms with van der Waals surface area (Å²) < 4.78 is 15.9. The van der Waals surface area contributed by atoms with E-state index in [9.17, 15) is 0 Å². The van der Waals surface area contributed by atoms with Gasteiger partial charge in [0.05, 0.1) is 13.3 Å². The van der Waals surface area contributed by atoms with E-state index in [4.69, 9.17) is 14.2 Å². The first kappa shape index (κ1) is 15.0. The zero-order valence-corrected chi connectivity index (χ0v) is 13.4. The standard InChI is InChI=1S/C17H15N5O3/c1-23-13-4-2-3-11(7-13)20-17-21-16(9-18-22-17)19-12-5-6-14-15(8-12)25-10-24-14/h2-9H,10H2,1H3,(H2,19,20,21,22). The Hall–Kier alpha value is -3.55. The molecule has 4 rings (SSSR count). The first-order valence-corrected chi connectivity index (χ1v) is 7.58. The van der Waals surface area contributed by atoms with Crippen LogP contribution in [0.25, 0.3) is 0 Å². The minimum atomic E-state index is 0.239. The van der Waals surface area contributed by atoms with Crippen LogP contribution in [0.1, 0.15) is 0 Å². The molecular formula is C17H15N5O3. The molecule has 1 aromatic heterocycles. The van der Waals surface area contributed by atoms with Crippen LogP contribution in [-0.2, 0) is 0 Å². The van der Waals surface area contributed by atoms with Crippen molar-refractivity contribution in [1.82, 2.24) is 15.2 Å². The van der Waals surface area contributed by atoms with Gasteiger partial charge in [-0.25, -0.2) is 0 Å². The molecule has 8 heteroatoms. The van der Waals surface area contributed by atoms with E-state index in [1.54, 1.807) is 13.3 Å². The van der Waals surface area contributed by atoms with Crippen molar-refractivity contribution in [3.8, 4) is 17.2 Å². The molecule has 0 amide bonds. The predicted molar refractivity (Wildman–Crippen MR) is 92.0 cm³/mol. The lowest BCUT2D eigenvalue weighted by Gasteiger charge is -2.09. The number of benzene rings is 2. The number of methoxy groups -OCH3 is 1. The first-order valence-electron chi connectivity index (χ1n) is 7.58. The lowest BCUT2D eigenvalue weighted by Crippen LogP contribution is -2.02. The third-order valence-corrected chi connectivity index (χ3v) is 3.53. The number of hydrogen-bond donors (Lipinski definition) is 2. The number of nitrogens with zero attached hydrogens (tertiary/aromatic N) is 3. The van der Waals surface area contributed by atoms with Crippen LogP contribution in [0.2, 0.25) is 0 Å². The molecule has 0 fully saturated rings. The Balaban J connectivity index is 1.51. The molecule has 3 aromatic rings. The highest BCUT2D eigenvalue weighted by atomic mass is 16.7. The van der Waals surface area contributed by atoms with Crippen molar-refractivity contribution in [2.75, 3.05) is 24.5 Å². The van der Waals surface area contributed by atoms with Crippen LogP contribution in [0, 0.1) is 0 Å². The van der Waals surface area contributed by atoms with E-state index >= 15 is 0 Å². The highest BCUT2D eigenvalue weighted by Crippen LogP contribution is 2.34. The van der Waals surface area contributed by atoms with Crippen LogP contribution in [0.5, 0.6) is 17.2 Å². The monoisotopic (exact) mass is 337 g/mol. The van der Waals surface area contributed by atoms with Crippen LogP contribution >= 0.6 is 0 Å². The Kier molecular flexibility index (Phi) is 3.91. The van der Waals surface area contributed by atoms with Crippen LogP contribution in [0.3, 0.4) is 0 Å². The molecule has 0 radical (unpaired) electrons. The summed E-state index contributed by atoms with van der Waals surface area (Å²) in [5.74, 6) is 3.10. The van der Waals surface area contributed by atoms with E-state index in [0.717, 1.165) is 22.9 Å². The summed E-state index contributed by atoms with van der Waals surface area (Å²) in [4.78, 5) is 4.40. The molecule has 0 aliphatic carbocycles. The quantitative estimate of drug-likeness (QED) is 0.734. The number of rotatable bonds is 5. The van der Waals surface area contributed by atoms with Gasteiger partial charge in [-0.05, 0) is 24.3 Å². The Morgan fingerprint density at radius 3 is 2.80 bits per heavy atom. The summed E-state index contributed by atoms with van der Waals surface area (Å²) in [7, 11) is 1.62. The molecule has 8 nitrogen and oxygen atoms in total. The zero-order chi connectivity index (χ0) is 17.1. The van der Waals surface area contributed by atoms with E-state index < -0.39 is 0 Å². The van der Waals surface area contributed by atoms with Gasteiger partial charge in [-0.1, -0.05) is 6.07 Å². The van der Waals surface area contributed by atoms with Gasteiger partial charge in [-0.2, -0.15) is 10.1 Å². The van der Waals surface area contributed by atoms with Crippen LogP contribution in [0.4, 0.5) is 23.1 Å². The van der Waals surface area contributed by atoms with Gasteiger partial charge in [0.25, 0.3) is 0 Å². The molecule has 2 heterocycles. The average Bonchev–Trinajstić information content (AvgIpc) is 3.10. The molecule has 0 atom stereocenters. The second kappa shape index (κ2) is 6.52. The van der Waals surface area contributed by atoms with Crippen molar-refractivity contribution < 1.29 is 14.2 Å². The Bertz CT molecular complexity index is 903. The third kappa shape index (κ3) is 3.37. The Labute approximate surface area is 143 Å². The fraction of sp³-hybridized carbons (Fsp3) is 0.118. The topological polar surface area (TPSA) is 90.4 Å². The number of ether oxygens (including phenoxy) is 3. The minimum absolute atomic E-state index is 0.239. The molecule has 1 aliphatic rings. The Morgan fingerprint density at radius 2 is 1.88 bits per heavy atom. The second-order valence-electron chi connectivity index (χ2n) is 5.22. The highest BCUT2D eigenvalue weighted by molar-refractivity contribution is 5.63. The summed E-state index contributed by atoms with van der Waals surface area (Å²) in [5, 5.41) is 14.2. The molecule has 25 heavy (non-hydrogen) atoms. The molecule has 2 N–H and O–H groups in total. The summed E-state index contributed by atoms with van der Waals surface area (Å²) in [5.41, 5.74) is 1.62. The minimum Gasteiger partial charge on any atom is -0.497 e. The smallest absolute Gasteiger partial charge is 0.249 e. The molecule has 0 saturated carbocycles. The molecular weight excluding hydrogens is 322 g/mol. The van der Waals surface area contributed by atoms with Crippen LogP contribution in [-0.4, -0.2) is 29.1 Å². The number of fused-ring (bicyclic) bond motifs is 1. The highest BCUT2D eigenvalue weighted by Gasteiger charge is 2.13. The first-order chi connectivity index (χ1) is 12.3. The number of anilines is 4. The van der Waals surface area contributed by atoms with Gasteiger partial charge in [0.1, 0.15) is 5.75 Å². The van der Waals surface area contributed by atoms with Gasteiger partial charge in [0, 0.05) is 23.5 Å². The van der Waals surface area contributed by atoms with Crippen molar-refractivity contribution in [2.24, 2.45) is 0 Å². The summed E-state index contributed by atoms with van der Waals surface area (Å²) in [6.45, 7) is 0.239. The van der Waals surface area contributed by atoms with Gasteiger partial charge >= 0.3 is 0 Å². The maximum atomic E-state index is 5.37.